The Balaban J connectivity index is 1.65. The number of amides is 1. The van der Waals surface area contributed by atoms with E-state index in [1.165, 1.54) is 25.3 Å². The van der Waals surface area contributed by atoms with Crippen molar-refractivity contribution in [1.82, 2.24) is 10.2 Å². The number of anilines is 1. The Kier molecular flexibility index (Phi) is 5.46. The van der Waals surface area contributed by atoms with Crippen LogP contribution in [0.15, 0.2) is 18.2 Å². The summed E-state index contributed by atoms with van der Waals surface area (Å²) in [6.07, 6.45) is 5.72. The first-order chi connectivity index (χ1) is 12.4. The Morgan fingerprint density at radius 1 is 1.27 bits per heavy atom. The number of hydrogen-bond donors (Lipinski definition) is 2. The van der Waals surface area contributed by atoms with Gasteiger partial charge in [-0.2, -0.15) is 0 Å². The van der Waals surface area contributed by atoms with Gasteiger partial charge in [-0.1, -0.05) is 6.42 Å². The predicted molar refractivity (Wildman–Crippen MR) is 102 cm³/mol. The Bertz CT molecular complexity index is 679. The molecule has 1 aromatic rings. The molecule has 1 saturated carbocycles. The van der Waals surface area contributed by atoms with Gasteiger partial charge in [-0.15, -0.1) is 0 Å². The fourth-order valence-corrected chi connectivity index (χ4v) is 3.40. The van der Waals surface area contributed by atoms with Gasteiger partial charge in [-0.3, -0.25) is 19.8 Å². The van der Waals surface area contributed by atoms with Crippen LogP contribution < -0.4 is 10.6 Å². The number of rotatable bonds is 7. The minimum absolute atomic E-state index is 0.0418. The minimum atomic E-state index is -0.431. The smallest absolute Gasteiger partial charge is 0.293 e. The van der Waals surface area contributed by atoms with E-state index < -0.39 is 4.92 Å². The van der Waals surface area contributed by atoms with Gasteiger partial charge in [0.2, 0.25) is 0 Å². The van der Waals surface area contributed by atoms with E-state index in [1.807, 2.05) is 0 Å². The van der Waals surface area contributed by atoms with Gasteiger partial charge in [0.25, 0.3) is 11.6 Å². The van der Waals surface area contributed by atoms with E-state index in [0.717, 1.165) is 25.9 Å². The summed E-state index contributed by atoms with van der Waals surface area (Å²) in [4.78, 5) is 25.8. The number of nitrogens with zero attached hydrogens (tertiary/aromatic N) is 2. The van der Waals surface area contributed by atoms with Gasteiger partial charge in [0.1, 0.15) is 5.69 Å². The molecule has 0 radical (unpaired) electrons. The molecule has 7 heteroatoms. The molecule has 2 N–H and O–H groups in total. The van der Waals surface area contributed by atoms with E-state index in [-0.39, 0.29) is 17.1 Å². The van der Waals surface area contributed by atoms with Crippen molar-refractivity contribution in [3.63, 3.8) is 0 Å². The van der Waals surface area contributed by atoms with Crippen LogP contribution in [0.1, 0.15) is 56.3 Å². The van der Waals surface area contributed by atoms with E-state index in [1.54, 1.807) is 12.1 Å². The number of nitro benzene ring substituents is 1. The molecule has 1 aliphatic carbocycles. The summed E-state index contributed by atoms with van der Waals surface area (Å²) in [6.45, 7) is 6.88. The molecule has 2 aliphatic rings. The zero-order chi connectivity index (χ0) is 18.7. The lowest BCUT2D eigenvalue weighted by atomic mass is 9.98. The normalized spacial score (nSPS) is 18.4. The van der Waals surface area contributed by atoms with Crippen molar-refractivity contribution in [1.29, 1.82) is 0 Å². The second kappa shape index (κ2) is 7.61. The van der Waals surface area contributed by atoms with Crippen molar-refractivity contribution >= 4 is 17.3 Å². The molecule has 0 aromatic heterocycles. The standard InChI is InChI=1S/C19H28N4O3/c1-19(2,22-10-4-3-5-11-22)13-20-18(24)14-6-9-16(21-15-7-8-15)17(12-14)23(25)26/h6,9,12,15,21H,3-5,7-8,10-11,13H2,1-2H3,(H,20,24). The summed E-state index contributed by atoms with van der Waals surface area (Å²) in [6, 6.07) is 4.98. The van der Waals surface area contributed by atoms with Crippen LogP contribution in [-0.2, 0) is 0 Å². The van der Waals surface area contributed by atoms with Crippen molar-refractivity contribution < 1.29 is 9.72 Å². The van der Waals surface area contributed by atoms with Crippen molar-refractivity contribution in [2.24, 2.45) is 0 Å². The van der Waals surface area contributed by atoms with Gasteiger partial charge < -0.3 is 10.6 Å². The van der Waals surface area contributed by atoms with Crippen LogP contribution in [0, 0.1) is 10.1 Å². The SMILES string of the molecule is CC(C)(CNC(=O)c1ccc(NC2CC2)c([N+](=O)[O-])c1)N1CCCCC1. The molecule has 1 amide bonds. The third-order valence-electron chi connectivity index (χ3n) is 5.29. The number of carbonyl (C=O) groups is 1. The van der Waals surface area contributed by atoms with E-state index >= 15 is 0 Å². The first-order valence-electron chi connectivity index (χ1n) is 9.45. The topological polar surface area (TPSA) is 87.5 Å². The van der Waals surface area contributed by atoms with Crippen LogP contribution in [0.5, 0.6) is 0 Å². The van der Waals surface area contributed by atoms with Gasteiger partial charge in [-0.05, 0) is 64.8 Å². The van der Waals surface area contributed by atoms with E-state index in [9.17, 15) is 14.9 Å². The molecule has 3 rings (SSSR count). The largest absolute Gasteiger partial charge is 0.377 e. The Morgan fingerprint density at radius 2 is 1.96 bits per heavy atom. The second-order valence-corrected chi connectivity index (χ2v) is 7.95. The van der Waals surface area contributed by atoms with E-state index in [2.05, 4.69) is 29.4 Å². The molecule has 1 heterocycles. The number of hydrogen-bond acceptors (Lipinski definition) is 5. The number of nitrogens with one attached hydrogen (secondary N) is 2. The average Bonchev–Trinajstić information content (AvgIpc) is 3.44. The first kappa shape index (κ1) is 18.6. The highest BCUT2D eigenvalue weighted by atomic mass is 16.6. The van der Waals surface area contributed by atoms with Crippen LogP contribution in [-0.4, -0.2) is 46.9 Å². The van der Waals surface area contributed by atoms with E-state index in [0.29, 0.717) is 23.8 Å². The highest BCUT2D eigenvalue weighted by Gasteiger charge is 2.29. The minimum Gasteiger partial charge on any atom is -0.377 e. The fraction of sp³-hybridized carbons (Fsp3) is 0.632. The summed E-state index contributed by atoms with van der Waals surface area (Å²) in [5.41, 5.74) is 0.644. The third kappa shape index (κ3) is 4.52. The van der Waals surface area contributed by atoms with Crippen LogP contribution in [0.25, 0.3) is 0 Å². The molecular weight excluding hydrogens is 332 g/mol. The van der Waals surface area contributed by atoms with Gasteiger partial charge >= 0.3 is 0 Å². The van der Waals surface area contributed by atoms with Crippen LogP contribution in [0.4, 0.5) is 11.4 Å². The number of carbonyl (C=O) groups excluding carboxylic acids is 1. The number of likely N-dealkylation sites (tertiary alicyclic amines) is 1. The van der Waals surface area contributed by atoms with Crippen molar-refractivity contribution in [2.75, 3.05) is 25.0 Å². The molecule has 0 bridgehead atoms. The molecule has 1 aliphatic heterocycles. The van der Waals surface area contributed by atoms with Gasteiger partial charge in [0, 0.05) is 29.8 Å². The quantitative estimate of drug-likeness (QED) is 0.576. The first-order valence-corrected chi connectivity index (χ1v) is 9.45. The lowest BCUT2D eigenvalue weighted by molar-refractivity contribution is -0.384. The van der Waals surface area contributed by atoms with Crippen LogP contribution in [0.3, 0.4) is 0 Å². The molecule has 2 fully saturated rings. The molecular formula is C19H28N4O3. The van der Waals surface area contributed by atoms with Crippen LogP contribution >= 0.6 is 0 Å². The Morgan fingerprint density at radius 3 is 2.58 bits per heavy atom. The number of nitro groups is 1. The van der Waals surface area contributed by atoms with Gasteiger partial charge in [-0.25, -0.2) is 0 Å². The maximum absolute atomic E-state index is 12.5. The monoisotopic (exact) mass is 360 g/mol. The van der Waals surface area contributed by atoms with Gasteiger partial charge in [0.15, 0.2) is 0 Å². The summed E-state index contributed by atoms with van der Waals surface area (Å²) < 4.78 is 0. The molecule has 1 saturated heterocycles. The lowest BCUT2D eigenvalue weighted by Crippen LogP contribution is -2.53. The van der Waals surface area contributed by atoms with Gasteiger partial charge in [0.05, 0.1) is 4.92 Å². The maximum atomic E-state index is 12.5. The maximum Gasteiger partial charge on any atom is 0.293 e. The highest BCUT2D eigenvalue weighted by Crippen LogP contribution is 2.31. The summed E-state index contributed by atoms with van der Waals surface area (Å²) in [7, 11) is 0. The summed E-state index contributed by atoms with van der Waals surface area (Å²) in [5.74, 6) is -0.267. The number of piperidine rings is 1. The predicted octanol–water partition coefficient (Wildman–Crippen LogP) is 3.16. The zero-order valence-corrected chi connectivity index (χ0v) is 15.6. The summed E-state index contributed by atoms with van der Waals surface area (Å²) in [5, 5.41) is 17.5. The highest BCUT2D eigenvalue weighted by molar-refractivity contribution is 5.95. The fourth-order valence-electron chi connectivity index (χ4n) is 3.40. The number of benzene rings is 1. The molecule has 0 spiro atoms. The van der Waals surface area contributed by atoms with Crippen LogP contribution in [0.2, 0.25) is 0 Å². The second-order valence-electron chi connectivity index (χ2n) is 7.95. The molecule has 0 atom stereocenters. The average molecular weight is 360 g/mol. The van der Waals surface area contributed by atoms with Crippen molar-refractivity contribution in [3.05, 3.63) is 33.9 Å². The Labute approximate surface area is 154 Å². The van der Waals surface area contributed by atoms with Crippen molar-refractivity contribution in [3.8, 4) is 0 Å². The molecule has 26 heavy (non-hydrogen) atoms. The molecule has 1 aromatic carbocycles. The third-order valence-corrected chi connectivity index (χ3v) is 5.29. The van der Waals surface area contributed by atoms with Crippen molar-refractivity contribution in [2.45, 2.75) is 57.5 Å². The Hall–Kier alpha value is -2.15. The molecule has 142 valence electrons. The lowest BCUT2D eigenvalue weighted by Gasteiger charge is -2.41. The summed E-state index contributed by atoms with van der Waals surface area (Å²) >= 11 is 0. The molecule has 0 unspecified atom stereocenters. The van der Waals surface area contributed by atoms with E-state index in [4.69, 9.17) is 0 Å². The zero-order valence-electron chi connectivity index (χ0n) is 15.6. The molecule has 7 nitrogen and oxygen atoms in total.